The molecule has 0 saturated carbocycles. The molecule has 0 spiro atoms. The van der Waals surface area contributed by atoms with Crippen molar-refractivity contribution in [2.75, 3.05) is 5.32 Å². The fourth-order valence-corrected chi connectivity index (χ4v) is 1.27. The zero-order valence-electron chi connectivity index (χ0n) is 7.99. The highest BCUT2D eigenvalue weighted by Crippen LogP contribution is 2.28. The Hall–Kier alpha value is -1.01. The van der Waals surface area contributed by atoms with Gasteiger partial charge in [0.2, 0.25) is 0 Å². The van der Waals surface area contributed by atoms with Crippen molar-refractivity contribution >= 4 is 34.8 Å². The van der Waals surface area contributed by atoms with Crippen LogP contribution in [0.1, 0.15) is 0 Å². The van der Waals surface area contributed by atoms with E-state index in [1.54, 1.807) is 5.32 Å². The second-order valence-corrected chi connectivity index (χ2v) is 3.86. The first kappa shape index (κ1) is 14.1. The number of rotatable bonds is 2. The number of hydrogen-bond donors (Lipinski definition) is 1. The molecule has 0 bridgehead atoms. The maximum atomic E-state index is 12.6. The molecule has 0 aliphatic heterocycles. The summed E-state index contributed by atoms with van der Waals surface area (Å²) in [6, 6.07) is 3.75. The monoisotopic (exact) mass is 289 g/mol. The third-order valence-electron chi connectivity index (χ3n) is 1.70. The van der Waals surface area contributed by atoms with Gasteiger partial charge in [-0.05, 0) is 18.2 Å². The van der Waals surface area contributed by atoms with Crippen LogP contribution in [0, 0.1) is 0 Å². The van der Waals surface area contributed by atoms with Gasteiger partial charge in [0.25, 0.3) is 12.1 Å². The molecule has 94 valence electrons. The standard InChI is InChI=1S/C9H5Cl2F4NO/c10-4-1-2-5(11)6(3-4)16-8(17)7(12)9(13,14)15/h1-3,7H,(H,16,17)/t7-/m1/s1. The Kier molecular flexibility index (Phi) is 4.21. The summed E-state index contributed by atoms with van der Waals surface area (Å²) in [5.74, 6) is -1.85. The molecule has 8 heteroatoms. The summed E-state index contributed by atoms with van der Waals surface area (Å²) in [5.41, 5.74) is -0.184. The first-order valence-corrected chi connectivity index (χ1v) is 4.94. The summed E-state index contributed by atoms with van der Waals surface area (Å²) in [6.45, 7) is 0. The van der Waals surface area contributed by atoms with Crippen LogP contribution < -0.4 is 5.32 Å². The maximum Gasteiger partial charge on any atom is 0.428 e. The molecule has 17 heavy (non-hydrogen) atoms. The summed E-state index contributed by atoms with van der Waals surface area (Å²) < 4.78 is 48.3. The van der Waals surface area contributed by atoms with Crippen LogP contribution in [-0.2, 0) is 4.79 Å². The van der Waals surface area contributed by atoms with Gasteiger partial charge in [0.05, 0.1) is 10.7 Å². The topological polar surface area (TPSA) is 29.1 Å². The van der Waals surface area contributed by atoms with Crippen LogP contribution in [0.25, 0.3) is 0 Å². The number of nitrogens with one attached hydrogen (secondary N) is 1. The van der Waals surface area contributed by atoms with Crippen LogP contribution in [-0.4, -0.2) is 18.3 Å². The highest BCUT2D eigenvalue weighted by atomic mass is 35.5. The number of halogens is 6. The Bertz CT molecular complexity index is 435. The van der Waals surface area contributed by atoms with E-state index in [-0.39, 0.29) is 15.7 Å². The molecular weight excluding hydrogens is 285 g/mol. The zero-order valence-corrected chi connectivity index (χ0v) is 9.50. The predicted molar refractivity (Wildman–Crippen MR) is 56.0 cm³/mol. The predicted octanol–water partition coefficient (Wildman–Crippen LogP) is 3.83. The quantitative estimate of drug-likeness (QED) is 0.824. The number of alkyl halides is 4. The van der Waals surface area contributed by atoms with Gasteiger partial charge in [0.15, 0.2) is 0 Å². The van der Waals surface area contributed by atoms with Gasteiger partial charge < -0.3 is 5.32 Å². The van der Waals surface area contributed by atoms with Crippen LogP contribution in [0.4, 0.5) is 23.2 Å². The van der Waals surface area contributed by atoms with E-state index in [4.69, 9.17) is 23.2 Å². The van der Waals surface area contributed by atoms with E-state index in [1.807, 2.05) is 0 Å². The van der Waals surface area contributed by atoms with Crippen LogP contribution in [0.15, 0.2) is 18.2 Å². The molecule has 2 nitrogen and oxygen atoms in total. The smallest absolute Gasteiger partial charge is 0.322 e. The largest absolute Gasteiger partial charge is 0.428 e. The summed E-state index contributed by atoms with van der Waals surface area (Å²) in [6.07, 6.45) is -8.87. The van der Waals surface area contributed by atoms with E-state index in [2.05, 4.69) is 0 Å². The minimum atomic E-state index is -5.25. The third-order valence-corrected chi connectivity index (χ3v) is 2.27. The lowest BCUT2D eigenvalue weighted by molar-refractivity contribution is -0.183. The normalized spacial score (nSPS) is 13.3. The second-order valence-electron chi connectivity index (χ2n) is 3.02. The Morgan fingerprint density at radius 1 is 1.29 bits per heavy atom. The van der Waals surface area contributed by atoms with E-state index in [0.29, 0.717) is 0 Å². The highest BCUT2D eigenvalue weighted by Gasteiger charge is 2.45. The van der Waals surface area contributed by atoms with Gasteiger partial charge in [-0.1, -0.05) is 23.2 Å². The Balaban J connectivity index is 2.85. The van der Waals surface area contributed by atoms with Crippen LogP contribution >= 0.6 is 23.2 Å². The first-order chi connectivity index (χ1) is 7.71. The molecule has 0 fully saturated rings. The van der Waals surface area contributed by atoms with Crippen molar-refractivity contribution in [3.63, 3.8) is 0 Å². The SMILES string of the molecule is O=C(Nc1cc(Cl)ccc1Cl)[C@@H](F)C(F)(F)F. The van der Waals surface area contributed by atoms with Gasteiger partial charge in [0, 0.05) is 5.02 Å². The van der Waals surface area contributed by atoms with E-state index in [0.717, 1.165) is 6.07 Å². The molecule has 0 aromatic heterocycles. The molecule has 1 aromatic carbocycles. The van der Waals surface area contributed by atoms with Gasteiger partial charge >= 0.3 is 6.18 Å². The molecule has 0 unspecified atom stereocenters. The number of anilines is 1. The van der Waals surface area contributed by atoms with Crippen molar-refractivity contribution in [1.29, 1.82) is 0 Å². The number of carbonyl (C=O) groups is 1. The second kappa shape index (κ2) is 5.10. The maximum absolute atomic E-state index is 12.6. The lowest BCUT2D eigenvalue weighted by Gasteiger charge is -2.13. The Morgan fingerprint density at radius 3 is 2.41 bits per heavy atom. The molecule has 0 aliphatic rings. The minimum Gasteiger partial charge on any atom is -0.322 e. The number of hydrogen-bond acceptors (Lipinski definition) is 1. The van der Waals surface area contributed by atoms with Crippen molar-refractivity contribution in [3.05, 3.63) is 28.2 Å². The van der Waals surface area contributed by atoms with Gasteiger partial charge in [-0.25, -0.2) is 4.39 Å². The lowest BCUT2D eigenvalue weighted by Crippen LogP contribution is -2.36. The van der Waals surface area contributed by atoms with E-state index >= 15 is 0 Å². The van der Waals surface area contributed by atoms with E-state index in [1.165, 1.54) is 12.1 Å². The molecule has 1 aromatic rings. The van der Waals surface area contributed by atoms with Crippen LogP contribution in [0.2, 0.25) is 10.0 Å². The number of carbonyl (C=O) groups excluding carboxylic acids is 1. The van der Waals surface area contributed by atoms with Gasteiger partial charge in [0.1, 0.15) is 0 Å². The number of benzene rings is 1. The van der Waals surface area contributed by atoms with Crippen LogP contribution in [0.5, 0.6) is 0 Å². The van der Waals surface area contributed by atoms with Crippen LogP contribution in [0.3, 0.4) is 0 Å². The lowest BCUT2D eigenvalue weighted by atomic mass is 10.3. The van der Waals surface area contributed by atoms with Crippen molar-refractivity contribution in [2.45, 2.75) is 12.3 Å². The molecule has 0 heterocycles. The molecule has 0 radical (unpaired) electrons. The molecule has 1 atom stereocenters. The molecule has 0 saturated heterocycles. The number of amides is 1. The zero-order chi connectivity index (χ0) is 13.2. The van der Waals surface area contributed by atoms with Crippen molar-refractivity contribution in [1.82, 2.24) is 0 Å². The van der Waals surface area contributed by atoms with Gasteiger partial charge in [-0.15, -0.1) is 0 Å². The molecule has 1 amide bonds. The average molecular weight is 290 g/mol. The van der Waals surface area contributed by atoms with E-state index < -0.39 is 18.3 Å². The fraction of sp³-hybridized carbons (Fsp3) is 0.222. The van der Waals surface area contributed by atoms with Crippen molar-refractivity contribution in [2.24, 2.45) is 0 Å². The molecule has 1 N–H and O–H groups in total. The summed E-state index contributed by atoms with van der Waals surface area (Å²) >= 11 is 11.1. The fourth-order valence-electron chi connectivity index (χ4n) is 0.938. The summed E-state index contributed by atoms with van der Waals surface area (Å²) in [4.78, 5) is 10.9. The molecule has 1 rings (SSSR count). The van der Waals surface area contributed by atoms with E-state index in [9.17, 15) is 22.4 Å². The highest BCUT2D eigenvalue weighted by molar-refractivity contribution is 6.35. The van der Waals surface area contributed by atoms with Gasteiger partial charge in [-0.3, -0.25) is 4.79 Å². The molecular formula is C9H5Cl2F4NO. The third kappa shape index (κ3) is 3.74. The van der Waals surface area contributed by atoms with Gasteiger partial charge in [-0.2, -0.15) is 13.2 Å². The van der Waals surface area contributed by atoms with Crippen molar-refractivity contribution < 1.29 is 22.4 Å². The summed E-state index contributed by atoms with van der Waals surface area (Å²) in [5, 5.41) is 1.81. The Morgan fingerprint density at radius 2 is 1.88 bits per heavy atom. The Labute approximate surface area is 104 Å². The first-order valence-electron chi connectivity index (χ1n) is 4.18. The minimum absolute atomic E-state index is 0.0443. The summed E-state index contributed by atoms with van der Waals surface area (Å²) in [7, 11) is 0. The average Bonchev–Trinajstić information content (AvgIpc) is 2.21. The molecule has 0 aliphatic carbocycles. The van der Waals surface area contributed by atoms with Crippen molar-refractivity contribution in [3.8, 4) is 0 Å².